The summed E-state index contributed by atoms with van der Waals surface area (Å²) in [7, 11) is 0. The lowest BCUT2D eigenvalue weighted by molar-refractivity contribution is -0.123. The molecule has 0 aliphatic carbocycles. The molecule has 3 aromatic rings. The van der Waals surface area contributed by atoms with E-state index in [1.54, 1.807) is 18.2 Å². The number of nitrogens with zero attached hydrogens (tertiary/aromatic N) is 1. The molecule has 8 nitrogen and oxygen atoms in total. The molecule has 1 aromatic heterocycles. The number of aromatic amines is 1. The van der Waals surface area contributed by atoms with E-state index < -0.39 is 23.3 Å². The molecule has 1 aliphatic heterocycles. The number of fused-ring (bicyclic) bond motifs is 1. The number of amides is 2. The van der Waals surface area contributed by atoms with Crippen LogP contribution in [-0.4, -0.2) is 21.8 Å². The molecule has 0 bridgehead atoms. The molecule has 0 radical (unpaired) electrons. The molecule has 1 aliphatic rings. The van der Waals surface area contributed by atoms with Gasteiger partial charge in [-0.3, -0.25) is 19.4 Å². The normalized spacial score (nSPS) is 15.1. The van der Waals surface area contributed by atoms with Gasteiger partial charge in [0.25, 0.3) is 5.56 Å². The van der Waals surface area contributed by atoms with Crippen molar-refractivity contribution in [2.24, 2.45) is 0 Å². The first-order chi connectivity index (χ1) is 14.4. The quantitative estimate of drug-likeness (QED) is 0.488. The van der Waals surface area contributed by atoms with Gasteiger partial charge in [0.2, 0.25) is 17.8 Å². The van der Waals surface area contributed by atoms with Crippen LogP contribution < -0.4 is 21.5 Å². The Hall–Kier alpha value is -3.36. The minimum Gasteiger partial charge on any atom is -0.326 e. The smallest absolute Gasteiger partial charge is 0.258 e. The Bertz CT molecular complexity index is 1200. The Labute approximate surface area is 180 Å². The summed E-state index contributed by atoms with van der Waals surface area (Å²) in [5.41, 5.74) is 0.528. The van der Waals surface area contributed by atoms with Gasteiger partial charge in [-0.1, -0.05) is 41.4 Å². The van der Waals surface area contributed by atoms with Crippen LogP contribution in [0.1, 0.15) is 17.9 Å². The van der Waals surface area contributed by atoms with Gasteiger partial charge in [-0.2, -0.15) is 4.98 Å². The number of rotatable bonds is 4. The van der Waals surface area contributed by atoms with E-state index in [4.69, 9.17) is 23.2 Å². The van der Waals surface area contributed by atoms with Gasteiger partial charge in [0.05, 0.1) is 22.2 Å². The van der Waals surface area contributed by atoms with Gasteiger partial charge < -0.3 is 16.0 Å². The van der Waals surface area contributed by atoms with Crippen LogP contribution in [0.25, 0.3) is 0 Å². The lowest BCUT2D eigenvalue weighted by Crippen LogP contribution is -2.36. The van der Waals surface area contributed by atoms with Crippen molar-refractivity contribution in [3.05, 3.63) is 74.5 Å². The average Bonchev–Trinajstić information content (AvgIpc) is 2.70. The molecule has 0 fully saturated rings. The Morgan fingerprint density at radius 1 is 1.10 bits per heavy atom. The van der Waals surface area contributed by atoms with Crippen LogP contribution in [0.4, 0.5) is 23.1 Å². The molecule has 2 amide bonds. The molecule has 4 rings (SSSR count). The summed E-state index contributed by atoms with van der Waals surface area (Å²) in [6, 6.07) is 13.7. The number of H-pyrrole nitrogens is 1. The van der Waals surface area contributed by atoms with Gasteiger partial charge in [-0.25, -0.2) is 0 Å². The summed E-state index contributed by atoms with van der Waals surface area (Å²) in [4.78, 5) is 44.7. The lowest BCUT2D eigenvalue weighted by atomic mass is 9.92. The molecule has 0 saturated heterocycles. The van der Waals surface area contributed by atoms with E-state index in [1.807, 2.05) is 18.2 Å². The van der Waals surface area contributed by atoms with E-state index in [0.717, 1.165) is 0 Å². The molecule has 0 unspecified atom stereocenters. The third-order valence-electron chi connectivity index (χ3n) is 4.49. The van der Waals surface area contributed by atoms with Gasteiger partial charge in [0, 0.05) is 17.1 Å². The second-order valence-corrected chi connectivity index (χ2v) is 7.43. The first-order valence-electron chi connectivity index (χ1n) is 8.93. The van der Waals surface area contributed by atoms with Gasteiger partial charge in [-0.05, 0) is 30.3 Å². The maximum Gasteiger partial charge on any atom is 0.258 e. The van der Waals surface area contributed by atoms with Crippen LogP contribution in [0.3, 0.4) is 0 Å². The molecule has 4 N–H and O–H groups in total. The maximum atomic E-state index is 12.9. The summed E-state index contributed by atoms with van der Waals surface area (Å²) in [5, 5.41) is 8.81. The summed E-state index contributed by atoms with van der Waals surface area (Å²) in [5.74, 6) is -1.85. The van der Waals surface area contributed by atoms with Crippen LogP contribution in [-0.2, 0) is 9.59 Å². The molecule has 1 atom stereocenters. The number of para-hydroxylation sites is 1. The number of nitrogens with one attached hydrogen (secondary N) is 4. The fraction of sp³-hybridized carbons (Fsp3) is 0.100. The molecule has 10 heteroatoms. The fourth-order valence-electron chi connectivity index (χ4n) is 3.13. The number of anilines is 4. The van der Waals surface area contributed by atoms with Crippen molar-refractivity contribution in [3.8, 4) is 0 Å². The number of halogens is 2. The topological polar surface area (TPSA) is 116 Å². The zero-order valence-electron chi connectivity index (χ0n) is 15.3. The van der Waals surface area contributed by atoms with Crippen molar-refractivity contribution < 1.29 is 9.59 Å². The third kappa shape index (κ3) is 4.14. The number of hydrogen-bond donors (Lipinski definition) is 4. The van der Waals surface area contributed by atoms with Crippen LogP contribution in [0, 0.1) is 0 Å². The van der Waals surface area contributed by atoms with E-state index in [0.29, 0.717) is 10.7 Å². The van der Waals surface area contributed by atoms with Crippen molar-refractivity contribution >= 4 is 58.2 Å². The predicted octanol–water partition coefficient (Wildman–Crippen LogP) is 3.88. The Morgan fingerprint density at radius 2 is 1.87 bits per heavy atom. The third-order valence-corrected chi connectivity index (χ3v) is 5.06. The average molecular weight is 444 g/mol. The zero-order valence-corrected chi connectivity index (χ0v) is 16.8. The lowest BCUT2D eigenvalue weighted by Gasteiger charge is -2.24. The van der Waals surface area contributed by atoms with Crippen molar-refractivity contribution in [3.63, 3.8) is 0 Å². The molecule has 152 valence electrons. The number of hydrogen-bond acceptors (Lipinski definition) is 5. The van der Waals surface area contributed by atoms with Crippen LogP contribution in [0.5, 0.6) is 0 Å². The number of benzene rings is 2. The summed E-state index contributed by atoms with van der Waals surface area (Å²) in [6.45, 7) is 0. The monoisotopic (exact) mass is 443 g/mol. The highest BCUT2D eigenvalue weighted by Crippen LogP contribution is 2.32. The van der Waals surface area contributed by atoms with Crippen molar-refractivity contribution in [2.45, 2.75) is 12.3 Å². The minimum atomic E-state index is -1.04. The summed E-state index contributed by atoms with van der Waals surface area (Å²) in [6.07, 6.45) is -0.201. The molecular formula is C20H15Cl2N5O3. The highest BCUT2D eigenvalue weighted by molar-refractivity contribution is 6.35. The molecular weight excluding hydrogens is 429 g/mol. The SMILES string of the molecule is O=C1C[C@H](C(=O)Nc2cc(Cl)ccc2Cl)c2c(nc(Nc3ccccc3)[nH]c2=O)N1. The van der Waals surface area contributed by atoms with E-state index in [9.17, 15) is 14.4 Å². The fourth-order valence-corrected chi connectivity index (χ4v) is 3.46. The van der Waals surface area contributed by atoms with E-state index in [2.05, 4.69) is 25.9 Å². The highest BCUT2D eigenvalue weighted by Gasteiger charge is 2.35. The second-order valence-electron chi connectivity index (χ2n) is 6.59. The second kappa shape index (κ2) is 8.17. The Balaban J connectivity index is 1.66. The van der Waals surface area contributed by atoms with Gasteiger partial charge in [0.15, 0.2) is 0 Å². The van der Waals surface area contributed by atoms with Crippen LogP contribution in [0.2, 0.25) is 10.0 Å². The van der Waals surface area contributed by atoms with E-state index in [1.165, 1.54) is 12.1 Å². The Morgan fingerprint density at radius 3 is 2.63 bits per heavy atom. The molecule has 0 spiro atoms. The standard InChI is InChI=1S/C20H15Cl2N5O3/c21-10-6-7-13(22)14(8-10)24-18(29)12-9-15(28)25-17-16(12)19(30)27-20(26-17)23-11-4-2-1-3-5-11/h1-8,12H,9H2,(H,24,29)(H3,23,25,26,27,28,30)/t12-/m0/s1. The first kappa shape index (κ1) is 19.9. The van der Waals surface area contributed by atoms with Crippen molar-refractivity contribution in [2.75, 3.05) is 16.0 Å². The van der Waals surface area contributed by atoms with Gasteiger partial charge >= 0.3 is 0 Å². The summed E-state index contributed by atoms with van der Waals surface area (Å²) < 4.78 is 0. The largest absolute Gasteiger partial charge is 0.326 e. The first-order valence-corrected chi connectivity index (χ1v) is 9.68. The van der Waals surface area contributed by atoms with Crippen LogP contribution >= 0.6 is 23.2 Å². The number of carbonyl (C=O) groups excluding carboxylic acids is 2. The minimum absolute atomic E-state index is 0.0331. The van der Waals surface area contributed by atoms with Crippen molar-refractivity contribution in [1.82, 2.24) is 9.97 Å². The molecule has 0 saturated carbocycles. The molecule has 2 aromatic carbocycles. The number of carbonyl (C=O) groups is 2. The summed E-state index contributed by atoms with van der Waals surface area (Å²) >= 11 is 12.0. The molecule has 30 heavy (non-hydrogen) atoms. The Kier molecular flexibility index (Phi) is 5.43. The van der Waals surface area contributed by atoms with Gasteiger partial charge in [-0.15, -0.1) is 0 Å². The number of aromatic nitrogens is 2. The van der Waals surface area contributed by atoms with E-state index >= 15 is 0 Å². The highest BCUT2D eigenvalue weighted by atomic mass is 35.5. The van der Waals surface area contributed by atoms with Gasteiger partial charge in [0.1, 0.15) is 5.82 Å². The molecule has 2 heterocycles. The van der Waals surface area contributed by atoms with Crippen molar-refractivity contribution in [1.29, 1.82) is 0 Å². The predicted molar refractivity (Wildman–Crippen MR) is 116 cm³/mol. The van der Waals surface area contributed by atoms with E-state index in [-0.39, 0.29) is 34.5 Å². The van der Waals surface area contributed by atoms with Crippen LogP contribution in [0.15, 0.2) is 53.3 Å². The zero-order chi connectivity index (χ0) is 21.3. The maximum absolute atomic E-state index is 12.9.